The van der Waals surface area contributed by atoms with Crippen molar-refractivity contribution in [3.63, 3.8) is 0 Å². The Morgan fingerprint density at radius 1 is 1.04 bits per heavy atom. The Bertz CT molecular complexity index is 664. The first-order valence-electron chi connectivity index (χ1n) is 8.17. The van der Waals surface area contributed by atoms with E-state index in [9.17, 15) is 4.39 Å². The van der Waals surface area contributed by atoms with E-state index in [1.165, 1.54) is 6.07 Å². The molecule has 0 heterocycles. The lowest BCUT2D eigenvalue weighted by Gasteiger charge is -2.15. The lowest BCUT2D eigenvalue weighted by Crippen LogP contribution is -2.14. The minimum atomic E-state index is -0.269. The van der Waals surface area contributed by atoms with Gasteiger partial charge in [-0.25, -0.2) is 4.39 Å². The molecule has 0 fully saturated rings. The maximum absolute atomic E-state index is 13.7. The highest BCUT2D eigenvalue weighted by Crippen LogP contribution is 2.34. The largest absolute Gasteiger partial charge is 0.490 e. The smallest absolute Gasteiger partial charge is 0.162 e. The second-order valence-corrected chi connectivity index (χ2v) is 6.23. The molecule has 2 aromatic carbocycles. The first kappa shape index (κ1) is 18.7. The van der Waals surface area contributed by atoms with E-state index >= 15 is 0 Å². The normalized spacial score (nSPS) is 10.7. The molecule has 5 heteroatoms. The average molecular weight is 396 g/mol. The van der Waals surface area contributed by atoms with Gasteiger partial charge in [-0.1, -0.05) is 41.1 Å². The Morgan fingerprint density at radius 3 is 2.50 bits per heavy atom. The predicted octanol–water partition coefficient (Wildman–Crippen LogP) is 5.07. The molecule has 0 aliphatic carbocycles. The Balaban J connectivity index is 2.15. The summed E-state index contributed by atoms with van der Waals surface area (Å²) in [6, 6.07) is 10.5. The highest BCUT2D eigenvalue weighted by atomic mass is 79.9. The molecule has 2 rings (SSSR count). The topological polar surface area (TPSA) is 30.5 Å². The van der Waals surface area contributed by atoms with Crippen molar-refractivity contribution < 1.29 is 13.9 Å². The highest BCUT2D eigenvalue weighted by molar-refractivity contribution is 9.10. The molecule has 0 saturated carbocycles. The molecule has 0 unspecified atom stereocenters. The monoisotopic (exact) mass is 395 g/mol. The van der Waals surface area contributed by atoms with Crippen LogP contribution in [0.4, 0.5) is 4.39 Å². The maximum atomic E-state index is 13.7. The van der Waals surface area contributed by atoms with Gasteiger partial charge in [0, 0.05) is 16.6 Å². The molecule has 0 amide bonds. The molecule has 0 aromatic heterocycles. The van der Waals surface area contributed by atoms with Crippen molar-refractivity contribution in [1.29, 1.82) is 0 Å². The van der Waals surface area contributed by atoms with Gasteiger partial charge in [0.1, 0.15) is 12.4 Å². The van der Waals surface area contributed by atoms with E-state index in [4.69, 9.17) is 9.47 Å². The van der Waals surface area contributed by atoms with Crippen LogP contribution in [0.2, 0.25) is 0 Å². The summed E-state index contributed by atoms with van der Waals surface area (Å²) >= 11 is 3.58. The molecule has 0 aliphatic rings. The third kappa shape index (κ3) is 5.21. The second kappa shape index (κ2) is 9.64. The molecule has 1 N–H and O–H groups in total. The van der Waals surface area contributed by atoms with Gasteiger partial charge in [0.05, 0.1) is 6.61 Å². The molecule has 0 saturated heterocycles. The molecule has 130 valence electrons. The molecule has 3 nitrogen and oxygen atoms in total. The molecule has 0 atom stereocenters. The number of rotatable bonds is 9. The lowest BCUT2D eigenvalue weighted by molar-refractivity contribution is 0.265. The molecule has 0 radical (unpaired) electrons. The van der Waals surface area contributed by atoms with Crippen molar-refractivity contribution in [3.8, 4) is 11.5 Å². The average Bonchev–Trinajstić information content (AvgIpc) is 2.57. The lowest BCUT2D eigenvalue weighted by atomic mass is 10.2. The number of hydrogen-bond donors (Lipinski definition) is 1. The van der Waals surface area contributed by atoms with Crippen molar-refractivity contribution in [2.45, 2.75) is 33.4 Å². The zero-order chi connectivity index (χ0) is 17.4. The fourth-order valence-corrected chi connectivity index (χ4v) is 2.73. The number of nitrogens with one attached hydrogen (secondary N) is 1. The van der Waals surface area contributed by atoms with Crippen LogP contribution in [-0.4, -0.2) is 13.2 Å². The third-order valence-electron chi connectivity index (χ3n) is 3.50. The van der Waals surface area contributed by atoms with Gasteiger partial charge in [0.2, 0.25) is 0 Å². The van der Waals surface area contributed by atoms with Crippen LogP contribution in [-0.2, 0) is 13.2 Å². The summed E-state index contributed by atoms with van der Waals surface area (Å²) in [5.41, 5.74) is 1.62. The summed E-state index contributed by atoms with van der Waals surface area (Å²) in [4.78, 5) is 0. The number of halogens is 2. The van der Waals surface area contributed by atoms with Gasteiger partial charge in [0.15, 0.2) is 11.5 Å². The molecule has 0 spiro atoms. The van der Waals surface area contributed by atoms with Crippen LogP contribution in [0.3, 0.4) is 0 Å². The van der Waals surface area contributed by atoms with E-state index < -0.39 is 0 Å². The highest BCUT2D eigenvalue weighted by Gasteiger charge is 2.12. The van der Waals surface area contributed by atoms with Crippen LogP contribution in [0.5, 0.6) is 11.5 Å². The number of hydrogen-bond acceptors (Lipinski definition) is 3. The summed E-state index contributed by atoms with van der Waals surface area (Å²) < 4.78 is 26.2. The summed E-state index contributed by atoms with van der Waals surface area (Å²) in [6.07, 6.45) is 1.08. The van der Waals surface area contributed by atoms with Crippen molar-refractivity contribution >= 4 is 15.9 Å². The molecule has 0 aliphatic heterocycles. The van der Waals surface area contributed by atoms with Crippen molar-refractivity contribution in [2.24, 2.45) is 0 Å². The van der Waals surface area contributed by atoms with Crippen LogP contribution < -0.4 is 14.8 Å². The van der Waals surface area contributed by atoms with E-state index in [1.807, 2.05) is 19.1 Å². The van der Waals surface area contributed by atoms with Crippen molar-refractivity contribution in [3.05, 3.63) is 57.8 Å². The minimum Gasteiger partial charge on any atom is -0.490 e. The first-order valence-corrected chi connectivity index (χ1v) is 8.97. The zero-order valence-electron chi connectivity index (χ0n) is 14.1. The van der Waals surface area contributed by atoms with Gasteiger partial charge in [-0.3, -0.25) is 0 Å². The summed E-state index contributed by atoms with van der Waals surface area (Å²) in [7, 11) is 0. The van der Waals surface area contributed by atoms with E-state index in [1.54, 1.807) is 18.2 Å². The van der Waals surface area contributed by atoms with Gasteiger partial charge >= 0.3 is 0 Å². The molecular weight excluding hydrogens is 373 g/mol. The Morgan fingerprint density at radius 2 is 1.79 bits per heavy atom. The summed E-state index contributed by atoms with van der Waals surface area (Å²) in [5.74, 6) is 1.01. The van der Waals surface area contributed by atoms with Crippen LogP contribution in [0.1, 0.15) is 31.4 Å². The van der Waals surface area contributed by atoms with Gasteiger partial charge in [-0.05, 0) is 43.7 Å². The van der Waals surface area contributed by atoms with Gasteiger partial charge in [-0.15, -0.1) is 0 Å². The maximum Gasteiger partial charge on any atom is 0.162 e. The van der Waals surface area contributed by atoms with E-state index in [0.717, 1.165) is 29.5 Å². The van der Waals surface area contributed by atoms with Crippen LogP contribution in [0.25, 0.3) is 0 Å². The quantitative estimate of drug-likeness (QED) is 0.601. The van der Waals surface area contributed by atoms with E-state index in [-0.39, 0.29) is 12.4 Å². The SMILES string of the molecule is CCCNCc1cc(OCC)c(OCc2ccccc2F)cc1Br. The van der Waals surface area contributed by atoms with Gasteiger partial charge < -0.3 is 14.8 Å². The van der Waals surface area contributed by atoms with Gasteiger partial charge in [-0.2, -0.15) is 0 Å². The Hall–Kier alpha value is -1.59. The third-order valence-corrected chi connectivity index (χ3v) is 4.23. The summed E-state index contributed by atoms with van der Waals surface area (Å²) in [5, 5.41) is 3.37. The number of ether oxygens (including phenoxy) is 2. The fraction of sp³-hybridized carbons (Fsp3) is 0.368. The Kier molecular flexibility index (Phi) is 7.53. The molecule has 0 bridgehead atoms. The predicted molar refractivity (Wildman–Crippen MR) is 98.0 cm³/mol. The second-order valence-electron chi connectivity index (χ2n) is 5.38. The number of benzene rings is 2. The minimum absolute atomic E-state index is 0.159. The van der Waals surface area contributed by atoms with Crippen molar-refractivity contribution in [2.75, 3.05) is 13.2 Å². The van der Waals surface area contributed by atoms with Crippen LogP contribution in [0.15, 0.2) is 40.9 Å². The summed E-state index contributed by atoms with van der Waals surface area (Å²) in [6.45, 7) is 6.47. The van der Waals surface area contributed by atoms with Crippen molar-refractivity contribution in [1.82, 2.24) is 5.32 Å². The molecule has 24 heavy (non-hydrogen) atoms. The van der Waals surface area contributed by atoms with Crippen LogP contribution >= 0.6 is 15.9 Å². The molecule has 2 aromatic rings. The standard InChI is InChI=1S/C19H23BrFNO2/c1-3-9-22-12-15-10-18(23-4-2)19(11-16(15)20)24-13-14-7-5-6-8-17(14)21/h5-8,10-11,22H,3-4,9,12-13H2,1-2H3. The van der Waals surface area contributed by atoms with Gasteiger partial charge in [0.25, 0.3) is 0 Å². The molecular formula is C19H23BrFNO2. The first-order chi connectivity index (χ1) is 11.7. The zero-order valence-corrected chi connectivity index (χ0v) is 15.7. The van der Waals surface area contributed by atoms with E-state index in [2.05, 4.69) is 28.2 Å². The fourth-order valence-electron chi connectivity index (χ4n) is 2.26. The van der Waals surface area contributed by atoms with Crippen LogP contribution in [0, 0.1) is 5.82 Å². The van der Waals surface area contributed by atoms with E-state index in [0.29, 0.717) is 23.7 Å². The Labute approximate surface area is 151 Å².